The number of hydrogen-bond donors (Lipinski definition) is 2. The van der Waals surface area contributed by atoms with Crippen LogP contribution in [0, 0.1) is 0 Å². The molecule has 0 unspecified atom stereocenters. The van der Waals surface area contributed by atoms with Crippen molar-refractivity contribution >= 4 is 26.5 Å². The summed E-state index contributed by atoms with van der Waals surface area (Å²) in [7, 11) is -3.61. The maximum Gasteiger partial charge on any atom is 0.249 e. The molecule has 0 atom stereocenters. The molecule has 7 heteroatoms. The molecule has 2 rings (SSSR count). The predicted octanol–water partition coefficient (Wildman–Crippen LogP) is 1.54. The van der Waals surface area contributed by atoms with Gasteiger partial charge in [-0.25, -0.2) is 18.5 Å². The van der Waals surface area contributed by atoms with Crippen molar-refractivity contribution in [1.29, 1.82) is 0 Å². The van der Waals surface area contributed by atoms with Crippen molar-refractivity contribution < 1.29 is 8.42 Å². The lowest BCUT2D eigenvalue weighted by atomic mass is 9.96. The monoisotopic (exact) mass is 261 g/mol. The Labute approximate surface area is 99.1 Å². The molecular formula is C9H15N3O2S2. The quantitative estimate of drug-likeness (QED) is 0.864. The van der Waals surface area contributed by atoms with Crippen LogP contribution in [0.1, 0.15) is 32.1 Å². The van der Waals surface area contributed by atoms with E-state index < -0.39 is 10.0 Å². The summed E-state index contributed by atoms with van der Waals surface area (Å²) in [5.41, 5.74) is 0. The van der Waals surface area contributed by atoms with Gasteiger partial charge in [-0.05, 0) is 12.8 Å². The van der Waals surface area contributed by atoms with Gasteiger partial charge >= 0.3 is 0 Å². The number of anilines is 1. The van der Waals surface area contributed by atoms with Crippen LogP contribution in [0.5, 0.6) is 0 Å². The van der Waals surface area contributed by atoms with Crippen molar-refractivity contribution in [2.45, 2.75) is 42.4 Å². The Morgan fingerprint density at radius 1 is 1.38 bits per heavy atom. The van der Waals surface area contributed by atoms with E-state index in [9.17, 15) is 8.42 Å². The molecule has 1 aromatic heterocycles. The van der Waals surface area contributed by atoms with Gasteiger partial charge in [0.15, 0.2) is 9.34 Å². The predicted molar refractivity (Wildman–Crippen MR) is 64.0 cm³/mol. The molecule has 1 saturated carbocycles. The number of hydrogen-bond acceptors (Lipinski definition) is 5. The number of thiazole rings is 1. The fourth-order valence-corrected chi connectivity index (χ4v) is 3.41. The Kier molecular flexibility index (Phi) is 3.46. The molecule has 3 N–H and O–H groups in total. The summed E-state index contributed by atoms with van der Waals surface area (Å²) >= 11 is 1.10. The summed E-state index contributed by atoms with van der Waals surface area (Å²) < 4.78 is 22.2. The highest BCUT2D eigenvalue weighted by atomic mass is 32.2. The van der Waals surface area contributed by atoms with Crippen LogP contribution in [0.25, 0.3) is 0 Å². The van der Waals surface area contributed by atoms with Gasteiger partial charge in [-0.3, -0.25) is 0 Å². The van der Waals surface area contributed by atoms with E-state index in [1.807, 2.05) is 0 Å². The minimum Gasteiger partial charge on any atom is -0.359 e. The maximum atomic E-state index is 11.1. The molecule has 0 aliphatic heterocycles. The molecule has 0 spiro atoms. The second-order valence-electron chi connectivity index (χ2n) is 4.01. The standard InChI is InChI=1S/C9H15N3O2S2/c10-16(13,14)8-6-11-9(15-8)12-7-4-2-1-3-5-7/h6-7H,1-5H2,(H,11,12)(H2,10,13,14). The van der Waals surface area contributed by atoms with Crippen molar-refractivity contribution in [3.8, 4) is 0 Å². The lowest BCUT2D eigenvalue weighted by Crippen LogP contribution is -2.21. The lowest BCUT2D eigenvalue weighted by Gasteiger charge is -2.22. The third-order valence-electron chi connectivity index (χ3n) is 2.70. The van der Waals surface area contributed by atoms with Crippen LogP contribution in [0.3, 0.4) is 0 Å². The van der Waals surface area contributed by atoms with Crippen LogP contribution in [0.4, 0.5) is 5.13 Å². The highest BCUT2D eigenvalue weighted by molar-refractivity contribution is 7.91. The van der Waals surface area contributed by atoms with E-state index in [2.05, 4.69) is 10.3 Å². The summed E-state index contributed by atoms with van der Waals surface area (Å²) in [4.78, 5) is 4.02. The van der Waals surface area contributed by atoms with Gasteiger partial charge in [0, 0.05) is 6.04 Å². The highest BCUT2D eigenvalue weighted by Gasteiger charge is 2.17. The minimum absolute atomic E-state index is 0.116. The summed E-state index contributed by atoms with van der Waals surface area (Å²) in [5.74, 6) is 0. The third-order valence-corrected chi connectivity index (χ3v) is 5.03. The molecule has 0 saturated heterocycles. The number of aromatic nitrogens is 1. The fraction of sp³-hybridized carbons (Fsp3) is 0.667. The third kappa shape index (κ3) is 2.93. The first-order valence-electron chi connectivity index (χ1n) is 5.31. The first kappa shape index (κ1) is 11.8. The molecule has 1 aromatic rings. The van der Waals surface area contributed by atoms with Gasteiger partial charge < -0.3 is 5.32 Å². The molecule has 0 amide bonds. The Balaban J connectivity index is 2.02. The number of rotatable bonds is 3. The number of primary sulfonamides is 1. The second-order valence-corrected chi connectivity index (χ2v) is 6.83. The molecule has 1 heterocycles. The minimum atomic E-state index is -3.61. The summed E-state index contributed by atoms with van der Waals surface area (Å²) in [5, 5.41) is 8.93. The van der Waals surface area contributed by atoms with Crippen molar-refractivity contribution in [3.05, 3.63) is 6.20 Å². The lowest BCUT2D eigenvalue weighted by molar-refractivity contribution is 0.462. The SMILES string of the molecule is NS(=O)(=O)c1cnc(NC2CCCCC2)s1. The average Bonchev–Trinajstić information content (AvgIpc) is 2.67. The normalized spacial score (nSPS) is 18.6. The van der Waals surface area contributed by atoms with Crippen molar-refractivity contribution in [1.82, 2.24) is 4.98 Å². The summed E-state index contributed by atoms with van der Waals surface area (Å²) in [6.45, 7) is 0. The summed E-state index contributed by atoms with van der Waals surface area (Å²) in [6, 6.07) is 0.424. The first-order chi connectivity index (χ1) is 7.55. The first-order valence-corrected chi connectivity index (χ1v) is 7.67. The Morgan fingerprint density at radius 2 is 2.06 bits per heavy atom. The Bertz CT molecular complexity index is 449. The van der Waals surface area contributed by atoms with E-state index in [4.69, 9.17) is 5.14 Å². The van der Waals surface area contributed by atoms with Gasteiger partial charge in [-0.2, -0.15) is 0 Å². The van der Waals surface area contributed by atoms with E-state index >= 15 is 0 Å². The zero-order valence-electron chi connectivity index (χ0n) is 8.85. The molecule has 16 heavy (non-hydrogen) atoms. The molecule has 0 bridgehead atoms. The van der Waals surface area contributed by atoms with Crippen LogP contribution >= 0.6 is 11.3 Å². The topological polar surface area (TPSA) is 85.1 Å². The van der Waals surface area contributed by atoms with E-state index in [-0.39, 0.29) is 4.21 Å². The van der Waals surface area contributed by atoms with Crippen LogP contribution in [0.2, 0.25) is 0 Å². The van der Waals surface area contributed by atoms with E-state index in [0.29, 0.717) is 11.2 Å². The molecule has 1 fully saturated rings. The van der Waals surface area contributed by atoms with Crippen LogP contribution < -0.4 is 10.5 Å². The van der Waals surface area contributed by atoms with Crippen molar-refractivity contribution in [2.24, 2.45) is 5.14 Å². The Morgan fingerprint density at radius 3 is 2.62 bits per heavy atom. The van der Waals surface area contributed by atoms with Crippen molar-refractivity contribution in [2.75, 3.05) is 5.32 Å². The van der Waals surface area contributed by atoms with Gasteiger partial charge in [-0.15, -0.1) is 0 Å². The largest absolute Gasteiger partial charge is 0.359 e. The maximum absolute atomic E-state index is 11.1. The molecule has 90 valence electrons. The van der Waals surface area contributed by atoms with Crippen LogP contribution in [-0.4, -0.2) is 19.4 Å². The van der Waals surface area contributed by atoms with Gasteiger partial charge in [0.25, 0.3) is 0 Å². The zero-order chi connectivity index (χ0) is 11.6. The molecule has 1 aliphatic carbocycles. The average molecular weight is 261 g/mol. The molecule has 0 radical (unpaired) electrons. The molecule has 5 nitrogen and oxygen atoms in total. The van der Waals surface area contributed by atoms with Gasteiger partial charge in [-0.1, -0.05) is 30.6 Å². The van der Waals surface area contributed by atoms with Gasteiger partial charge in [0.2, 0.25) is 10.0 Å². The van der Waals surface area contributed by atoms with Gasteiger partial charge in [0.1, 0.15) is 0 Å². The number of nitrogens with zero attached hydrogens (tertiary/aromatic N) is 1. The number of nitrogens with one attached hydrogen (secondary N) is 1. The van der Waals surface area contributed by atoms with Crippen molar-refractivity contribution in [3.63, 3.8) is 0 Å². The molecule has 1 aliphatic rings. The second kappa shape index (κ2) is 4.68. The molecule has 0 aromatic carbocycles. The number of nitrogens with two attached hydrogens (primary N) is 1. The smallest absolute Gasteiger partial charge is 0.249 e. The van der Waals surface area contributed by atoms with Gasteiger partial charge in [0.05, 0.1) is 6.20 Å². The van der Waals surface area contributed by atoms with E-state index in [0.717, 1.165) is 24.2 Å². The Hall–Kier alpha value is -0.660. The zero-order valence-corrected chi connectivity index (χ0v) is 10.5. The number of sulfonamides is 1. The highest BCUT2D eigenvalue weighted by Crippen LogP contribution is 2.26. The molecular weight excluding hydrogens is 246 g/mol. The van der Waals surface area contributed by atoms with E-state index in [1.165, 1.54) is 25.5 Å². The van der Waals surface area contributed by atoms with Crippen LogP contribution in [-0.2, 0) is 10.0 Å². The fourth-order valence-electron chi connectivity index (χ4n) is 1.88. The van der Waals surface area contributed by atoms with Crippen LogP contribution in [0.15, 0.2) is 10.4 Å². The summed E-state index contributed by atoms with van der Waals surface area (Å²) in [6.07, 6.45) is 7.31. The van der Waals surface area contributed by atoms with E-state index in [1.54, 1.807) is 0 Å².